The van der Waals surface area contributed by atoms with Gasteiger partial charge < -0.3 is 5.32 Å². The van der Waals surface area contributed by atoms with Crippen molar-refractivity contribution < 1.29 is 0 Å². The predicted molar refractivity (Wildman–Crippen MR) is 59.2 cm³/mol. The monoisotopic (exact) mass is 193 g/mol. The number of hydrogen-bond donors (Lipinski definition) is 1. The van der Waals surface area contributed by atoms with Gasteiger partial charge in [-0.05, 0) is 24.7 Å². The van der Waals surface area contributed by atoms with E-state index in [9.17, 15) is 0 Å². The van der Waals surface area contributed by atoms with Crippen LogP contribution in [0.25, 0.3) is 0 Å². The Morgan fingerprint density at radius 2 is 1.43 bits per heavy atom. The highest BCUT2D eigenvalue weighted by Gasteiger charge is 2.52. The smallest absolute Gasteiger partial charge is 0.0118 e. The SMILES string of the molecule is C1CCCCC2NC3CC(CCC1)C23. The Labute approximate surface area is 87.7 Å². The molecule has 2 saturated carbocycles. The Bertz CT molecular complexity index is 181. The van der Waals surface area contributed by atoms with Gasteiger partial charge >= 0.3 is 0 Å². The average Bonchev–Trinajstić information content (AvgIpc) is 2.18. The van der Waals surface area contributed by atoms with Crippen LogP contribution in [0.4, 0.5) is 0 Å². The molecule has 1 aliphatic heterocycles. The molecule has 4 atom stereocenters. The first kappa shape index (κ1) is 9.21. The van der Waals surface area contributed by atoms with Crippen LogP contribution in [0.2, 0.25) is 0 Å². The van der Waals surface area contributed by atoms with E-state index in [-0.39, 0.29) is 0 Å². The van der Waals surface area contributed by atoms with Crippen molar-refractivity contribution in [1.82, 2.24) is 5.32 Å². The third-order valence-corrected chi connectivity index (χ3v) is 4.80. The first-order chi connectivity index (χ1) is 6.95. The van der Waals surface area contributed by atoms with Gasteiger partial charge in [-0.25, -0.2) is 0 Å². The number of rotatable bonds is 0. The van der Waals surface area contributed by atoms with Crippen molar-refractivity contribution >= 4 is 0 Å². The molecule has 3 aliphatic rings. The average molecular weight is 193 g/mol. The highest BCUT2D eigenvalue weighted by molar-refractivity contribution is 5.09. The Balaban J connectivity index is 1.57. The quantitative estimate of drug-likeness (QED) is 0.623. The van der Waals surface area contributed by atoms with Gasteiger partial charge in [0.25, 0.3) is 0 Å². The Morgan fingerprint density at radius 3 is 2.21 bits per heavy atom. The molecule has 1 N–H and O–H groups in total. The van der Waals surface area contributed by atoms with E-state index in [0.29, 0.717) is 0 Å². The van der Waals surface area contributed by atoms with Crippen LogP contribution in [0.15, 0.2) is 0 Å². The summed E-state index contributed by atoms with van der Waals surface area (Å²) >= 11 is 0. The van der Waals surface area contributed by atoms with Crippen LogP contribution in [0.5, 0.6) is 0 Å². The maximum absolute atomic E-state index is 3.75. The Morgan fingerprint density at radius 1 is 0.714 bits per heavy atom. The molecular weight excluding hydrogens is 170 g/mol. The highest BCUT2D eigenvalue weighted by atomic mass is 15.1. The first-order valence-electron chi connectivity index (χ1n) is 6.71. The lowest BCUT2D eigenvalue weighted by Gasteiger charge is -2.60. The van der Waals surface area contributed by atoms with Gasteiger partial charge in [-0.2, -0.15) is 0 Å². The van der Waals surface area contributed by atoms with Gasteiger partial charge in [0.15, 0.2) is 0 Å². The van der Waals surface area contributed by atoms with Gasteiger partial charge in [0.05, 0.1) is 0 Å². The lowest BCUT2D eigenvalue weighted by Crippen LogP contribution is -2.70. The summed E-state index contributed by atoms with van der Waals surface area (Å²) in [6.07, 6.45) is 13.5. The summed E-state index contributed by atoms with van der Waals surface area (Å²) in [4.78, 5) is 0. The van der Waals surface area contributed by atoms with Crippen molar-refractivity contribution in [1.29, 1.82) is 0 Å². The summed E-state index contributed by atoms with van der Waals surface area (Å²) < 4.78 is 0. The highest BCUT2D eigenvalue weighted by Crippen LogP contribution is 2.48. The summed E-state index contributed by atoms with van der Waals surface area (Å²) in [6.45, 7) is 0. The van der Waals surface area contributed by atoms with Crippen molar-refractivity contribution in [3.05, 3.63) is 0 Å². The molecular formula is C13H23N. The van der Waals surface area contributed by atoms with Crippen molar-refractivity contribution in [2.45, 2.75) is 69.9 Å². The largest absolute Gasteiger partial charge is 0.311 e. The second-order valence-corrected chi connectivity index (χ2v) is 5.65. The van der Waals surface area contributed by atoms with Crippen molar-refractivity contribution in [3.8, 4) is 0 Å². The molecule has 3 rings (SSSR count). The molecule has 4 unspecified atom stereocenters. The van der Waals surface area contributed by atoms with Crippen LogP contribution in [0.3, 0.4) is 0 Å². The van der Waals surface area contributed by atoms with Crippen LogP contribution in [-0.4, -0.2) is 12.1 Å². The fraction of sp³-hybridized carbons (Fsp3) is 1.00. The molecule has 0 spiro atoms. The van der Waals surface area contributed by atoms with E-state index in [1.54, 1.807) is 6.42 Å². The van der Waals surface area contributed by atoms with E-state index in [1.165, 1.54) is 51.4 Å². The molecule has 1 saturated heterocycles. The maximum atomic E-state index is 3.75. The predicted octanol–water partition coefficient (Wildman–Crippen LogP) is 3.10. The number of piperidine rings is 1. The van der Waals surface area contributed by atoms with Gasteiger partial charge in [-0.15, -0.1) is 0 Å². The molecule has 14 heavy (non-hydrogen) atoms. The van der Waals surface area contributed by atoms with Crippen molar-refractivity contribution in [2.24, 2.45) is 11.8 Å². The number of hydrogen-bond acceptors (Lipinski definition) is 1. The van der Waals surface area contributed by atoms with Gasteiger partial charge in [0, 0.05) is 12.1 Å². The fourth-order valence-corrected chi connectivity index (χ4v) is 3.89. The van der Waals surface area contributed by atoms with Crippen LogP contribution in [0.1, 0.15) is 57.8 Å². The zero-order valence-electron chi connectivity index (χ0n) is 9.17. The van der Waals surface area contributed by atoms with Crippen molar-refractivity contribution in [3.63, 3.8) is 0 Å². The van der Waals surface area contributed by atoms with E-state index in [4.69, 9.17) is 0 Å². The maximum Gasteiger partial charge on any atom is 0.0118 e. The molecule has 0 radical (unpaired) electrons. The topological polar surface area (TPSA) is 12.0 Å². The second-order valence-electron chi connectivity index (χ2n) is 5.65. The lowest BCUT2D eigenvalue weighted by atomic mass is 9.57. The summed E-state index contributed by atoms with van der Waals surface area (Å²) in [5.74, 6) is 2.22. The molecule has 0 aromatic carbocycles. The fourth-order valence-electron chi connectivity index (χ4n) is 3.89. The number of nitrogens with one attached hydrogen (secondary N) is 1. The Hall–Kier alpha value is -0.0400. The van der Waals surface area contributed by atoms with E-state index < -0.39 is 0 Å². The zero-order valence-corrected chi connectivity index (χ0v) is 9.17. The van der Waals surface area contributed by atoms with Gasteiger partial charge in [0.2, 0.25) is 0 Å². The third kappa shape index (κ3) is 1.50. The summed E-state index contributed by atoms with van der Waals surface area (Å²) in [6, 6.07) is 1.88. The lowest BCUT2D eigenvalue weighted by molar-refractivity contribution is -0.0374. The molecule has 3 fully saturated rings. The standard InChI is InChI=1S/C13H23N/c1-2-4-6-8-11-13-10(7-5-3-1)9-12(13)14-11/h10-14H,1-9H2. The molecule has 1 heteroatoms. The molecule has 0 aromatic rings. The minimum absolute atomic E-state index is 0.928. The molecule has 80 valence electrons. The summed E-state index contributed by atoms with van der Waals surface area (Å²) in [7, 11) is 0. The van der Waals surface area contributed by atoms with E-state index in [2.05, 4.69) is 5.32 Å². The molecule has 1 heterocycles. The molecule has 0 bridgehead atoms. The summed E-state index contributed by atoms with van der Waals surface area (Å²) in [5.41, 5.74) is 0. The van der Waals surface area contributed by atoms with Crippen molar-refractivity contribution in [2.75, 3.05) is 0 Å². The molecule has 0 amide bonds. The minimum Gasteiger partial charge on any atom is -0.311 e. The van der Waals surface area contributed by atoms with Gasteiger partial charge in [-0.3, -0.25) is 0 Å². The van der Waals surface area contributed by atoms with E-state index >= 15 is 0 Å². The van der Waals surface area contributed by atoms with Crippen LogP contribution < -0.4 is 5.32 Å². The van der Waals surface area contributed by atoms with Crippen LogP contribution in [0, 0.1) is 11.8 Å². The van der Waals surface area contributed by atoms with E-state index in [1.807, 2.05) is 0 Å². The molecule has 2 aliphatic carbocycles. The summed E-state index contributed by atoms with van der Waals surface area (Å²) in [5, 5.41) is 3.75. The van der Waals surface area contributed by atoms with Gasteiger partial charge in [-0.1, -0.05) is 44.9 Å². The molecule has 1 nitrogen and oxygen atoms in total. The normalized spacial score (nSPS) is 48.0. The van der Waals surface area contributed by atoms with Gasteiger partial charge in [0.1, 0.15) is 0 Å². The second kappa shape index (κ2) is 3.84. The van der Waals surface area contributed by atoms with Crippen LogP contribution >= 0.6 is 0 Å². The molecule has 0 aromatic heterocycles. The minimum atomic E-state index is 0.928. The van der Waals surface area contributed by atoms with E-state index in [0.717, 1.165) is 23.9 Å². The zero-order chi connectivity index (χ0) is 9.38. The first-order valence-corrected chi connectivity index (χ1v) is 6.71. The van der Waals surface area contributed by atoms with Crippen LogP contribution in [-0.2, 0) is 0 Å². The Kier molecular flexibility index (Phi) is 2.53. The third-order valence-electron chi connectivity index (χ3n) is 4.80.